The summed E-state index contributed by atoms with van der Waals surface area (Å²) in [5, 5.41) is 3.19. The number of rotatable bonds is 2. The Morgan fingerprint density at radius 3 is 2.46 bits per heavy atom. The molecular formula is C18H28N2O4. The largest absolute Gasteiger partial charge is 0.444 e. The summed E-state index contributed by atoms with van der Waals surface area (Å²) in [5.74, 6) is 3.00. The van der Waals surface area contributed by atoms with Gasteiger partial charge in [0.2, 0.25) is 0 Å². The third kappa shape index (κ3) is 2.89. The highest BCUT2D eigenvalue weighted by Gasteiger charge is 2.65. The molecule has 1 aliphatic heterocycles. The van der Waals surface area contributed by atoms with Crippen molar-refractivity contribution in [3.05, 3.63) is 0 Å². The molecule has 4 aliphatic rings. The lowest BCUT2D eigenvalue weighted by molar-refractivity contribution is -0.138. The molecule has 6 heteroatoms. The van der Waals surface area contributed by atoms with E-state index in [9.17, 15) is 9.59 Å². The quantitative estimate of drug-likeness (QED) is 0.835. The van der Waals surface area contributed by atoms with Crippen LogP contribution in [0.2, 0.25) is 0 Å². The molecule has 3 saturated carbocycles. The van der Waals surface area contributed by atoms with Crippen molar-refractivity contribution in [2.24, 2.45) is 23.7 Å². The molecule has 6 nitrogen and oxygen atoms in total. The average molecular weight is 336 g/mol. The molecule has 5 atom stereocenters. The summed E-state index contributed by atoms with van der Waals surface area (Å²) >= 11 is 0. The monoisotopic (exact) mass is 336 g/mol. The van der Waals surface area contributed by atoms with E-state index in [2.05, 4.69) is 5.32 Å². The number of nitrogens with one attached hydrogen (secondary N) is 1. The molecule has 24 heavy (non-hydrogen) atoms. The third-order valence-corrected chi connectivity index (χ3v) is 6.05. The minimum absolute atomic E-state index is 0.0675. The van der Waals surface area contributed by atoms with E-state index in [4.69, 9.17) is 9.47 Å². The molecule has 0 aromatic rings. The van der Waals surface area contributed by atoms with Crippen molar-refractivity contribution >= 4 is 12.0 Å². The van der Waals surface area contributed by atoms with Crippen LogP contribution in [0.1, 0.15) is 40.0 Å². The van der Waals surface area contributed by atoms with Crippen molar-refractivity contribution in [3.8, 4) is 0 Å². The summed E-state index contributed by atoms with van der Waals surface area (Å²) < 4.78 is 11.0. The first-order valence-electron chi connectivity index (χ1n) is 9.23. The molecule has 0 aromatic heterocycles. The number of hydrogen-bond acceptors (Lipinski definition) is 4. The van der Waals surface area contributed by atoms with Gasteiger partial charge in [0.1, 0.15) is 5.60 Å². The van der Waals surface area contributed by atoms with Crippen molar-refractivity contribution in [3.63, 3.8) is 0 Å². The van der Waals surface area contributed by atoms with Gasteiger partial charge in [0.05, 0.1) is 13.2 Å². The van der Waals surface area contributed by atoms with Crippen LogP contribution in [0.5, 0.6) is 0 Å². The van der Waals surface area contributed by atoms with Gasteiger partial charge >= 0.3 is 6.09 Å². The van der Waals surface area contributed by atoms with E-state index in [1.807, 2.05) is 20.8 Å². The van der Waals surface area contributed by atoms with E-state index in [1.54, 1.807) is 4.90 Å². The number of hydrogen-bond donors (Lipinski definition) is 1. The first kappa shape index (κ1) is 16.2. The second-order valence-corrected chi connectivity index (χ2v) is 8.81. The van der Waals surface area contributed by atoms with E-state index in [-0.39, 0.29) is 18.5 Å². The molecule has 3 aliphatic carbocycles. The molecule has 1 saturated heterocycles. The summed E-state index contributed by atoms with van der Waals surface area (Å²) in [7, 11) is 0. The van der Waals surface area contributed by atoms with Crippen LogP contribution >= 0.6 is 0 Å². The molecule has 1 heterocycles. The molecule has 1 N–H and O–H groups in total. The zero-order valence-electron chi connectivity index (χ0n) is 14.8. The van der Waals surface area contributed by atoms with Gasteiger partial charge in [-0.15, -0.1) is 0 Å². The summed E-state index contributed by atoms with van der Waals surface area (Å²) in [6.45, 7) is 6.65. The third-order valence-electron chi connectivity index (χ3n) is 6.05. The standard InChI is InChI=1S/C18H28N2O4/c1-18(2,3)24-17(22)20-6-7-23-12(9-20)16(21)19-15-13-10-4-5-11(8-10)14(13)15/h10-15H,4-9H2,1-3H3,(H,19,21). The van der Waals surface area contributed by atoms with Gasteiger partial charge in [0, 0.05) is 12.6 Å². The smallest absolute Gasteiger partial charge is 0.410 e. The Morgan fingerprint density at radius 1 is 1.17 bits per heavy atom. The van der Waals surface area contributed by atoms with Crippen LogP contribution in [0.15, 0.2) is 0 Å². The number of fused-ring (bicyclic) bond motifs is 5. The maximum atomic E-state index is 12.6. The van der Waals surface area contributed by atoms with E-state index in [0.717, 1.165) is 11.8 Å². The van der Waals surface area contributed by atoms with Crippen LogP contribution in [0.4, 0.5) is 4.79 Å². The number of morpholine rings is 1. The van der Waals surface area contributed by atoms with Crippen molar-refractivity contribution < 1.29 is 19.1 Å². The lowest BCUT2D eigenvalue weighted by Crippen LogP contribution is -2.53. The lowest BCUT2D eigenvalue weighted by Gasteiger charge is -2.33. The molecule has 0 spiro atoms. The Kier molecular flexibility index (Phi) is 3.79. The zero-order valence-corrected chi connectivity index (χ0v) is 14.8. The first-order chi connectivity index (χ1) is 11.3. The fraction of sp³-hybridized carbons (Fsp3) is 0.889. The molecular weight excluding hydrogens is 308 g/mol. The minimum atomic E-state index is -0.578. The number of nitrogens with zero attached hydrogens (tertiary/aromatic N) is 1. The minimum Gasteiger partial charge on any atom is -0.444 e. The Hall–Kier alpha value is -1.30. The van der Waals surface area contributed by atoms with Crippen molar-refractivity contribution in [2.45, 2.75) is 57.8 Å². The second kappa shape index (κ2) is 5.61. The Labute approximate surface area is 143 Å². The van der Waals surface area contributed by atoms with Gasteiger partial charge in [0.25, 0.3) is 5.91 Å². The van der Waals surface area contributed by atoms with Gasteiger partial charge < -0.3 is 19.7 Å². The Morgan fingerprint density at radius 2 is 1.83 bits per heavy atom. The van der Waals surface area contributed by atoms with Gasteiger partial charge in [-0.1, -0.05) is 0 Å². The summed E-state index contributed by atoms with van der Waals surface area (Å²) in [6, 6.07) is 0.351. The predicted molar refractivity (Wildman–Crippen MR) is 87.3 cm³/mol. The van der Waals surface area contributed by atoms with E-state index < -0.39 is 11.7 Å². The normalized spacial score (nSPS) is 40.2. The highest BCUT2D eigenvalue weighted by Crippen LogP contribution is 2.65. The van der Waals surface area contributed by atoms with Crippen molar-refractivity contribution in [1.82, 2.24) is 10.2 Å². The predicted octanol–water partition coefficient (Wildman–Crippen LogP) is 1.78. The summed E-state index contributed by atoms with van der Waals surface area (Å²) in [5.41, 5.74) is -0.530. The fourth-order valence-corrected chi connectivity index (χ4v) is 5.08. The van der Waals surface area contributed by atoms with Crippen LogP contribution in [0.25, 0.3) is 0 Å². The summed E-state index contributed by atoms with van der Waals surface area (Å²) in [6.07, 6.45) is 3.10. The lowest BCUT2D eigenvalue weighted by atomic mass is 10.0. The molecule has 4 rings (SSSR count). The SMILES string of the molecule is CC(C)(C)OC(=O)N1CCOC(C(=O)NC2C3C4CCC(C4)C23)C1. The first-order valence-corrected chi connectivity index (χ1v) is 9.23. The number of ether oxygens (including phenoxy) is 2. The van der Waals surface area contributed by atoms with Gasteiger partial charge in [-0.3, -0.25) is 4.79 Å². The van der Waals surface area contributed by atoms with Crippen LogP contribution < -0.4 is 5.32 Å². The van der Waals surface area contributed by atoms with Crippen molar-refractivity contribution in [1.29, 1.82) is 0 Å². The van der Waals surface area contributed by atoms with Gasteiger partial charge in [0.15, 0.2) is 6.10 Å². The Bertz CT molecular complexity index is 528. The van der Waals surface area contributed by atoms with Crippen molar-refractivity contribution in [2.75, 3.05) is 19.7 Å². The maximum Gasteiger partial charge on any atom is 0.410 e. The van der Waals surface area contributed by atoms with Crippen LogP contribution in [0, 0.1) is 23.7 Å². The molecule has 4 fully saturated rings. The number of carbonyl (C=O) groups is 2. The molecule has 0 aromatic carbocycles. The number of carbonyl (C=O) groups excluding carboxylic acids is 2. The van der Waals surface area contributed by atoms with Crippen LogP contribution in [-0.4, -0.2) is 54.3 Å². The molecule has 5 unspecified atom stereocenters. The molecule has 2 amide bonds. The summed E-state index contributed by atoms with van der Waals surface area (Å²) in [4.78, 5) is 26.3. The highest BCUT2D eigenvalue weighted by atomic mass is 16.6. The second-order valence-electron chi connectivity index (χ2n) is 8.81. The average Bonchev–Trinajstić information content (AvgIpc) is 2.91. The van der Waals surface area contributed by atoms with E-state index in [0.29, 0.717) is 31.0 Å². The van der Waals surface area contributed by atoms with Crippen LogP contribution in [-0.2, 0) is 14.3 Å². The molecule has 0 radical (unpaired) electrons. The van der Waals surface area contributed by atoms with Gasteiger partial charge in [-0.2, -0.15) is 0 Å². The highest BCUT2D eigenvalue weighted by molar-refractivity contribution is 5.82. The van der Waals surface area contributed by atoms with Crippen LogP contribution in [0.3, 0.4) is 0 Å². The van der Waals surface area contributed by atoms with E-state index in [1.165, 1.54) is 19.3 Å². The number of amides is 2. The topological polar surface area (TPSA) is 67.9 Å². The molecule has 134 valence electrons. The Balaban J connectivity index is 1.30. The maximum absolute atomic E-state index is 12.6. The fourth-order valence-electron chi connectivity index (χ4n) is 5.08. The molecule has 2 bridgehead atoms. The zero-order chi connectivity index (χ0) is 17.1. The van der Waals surface area contributed by atoms with Gasteiger partial charge in [-0.25, -0.2) is 4.79 Å². The van der Waals surface area contributed by atoms with Gasteiger partial charge in [-0.05, 0) is 63.7 Å². The van der Waals surface area contributed by atoms with E-state index >= 15 is 0 Å².